The second kappa shape index (κ2) is 15.6. The van der Waals surface area contributed by atoms with Gasteiger partial charge in [-0.2, -0.15) is 0 Å². The van der Waals surface area contributed by atoms with Gasteiger partial charge >= 0.3 is 24.1 Å². The second-order valence-electron chi connectivity index (χ2n) is 11.4. The van der Waals surface area contributed by atoms with Gasteiger partial charge in [0.1, 0.15) is 24.9 Å². The molecule has 0 aliphatic rings. The smallest absolute Gasteiger partial charge is 0.458 e. The normalized spacial score (nSPS) is 13.9. The van der Waals surface area contributed by atoms with E-state index in [-0.39, 0.29) is 30.6 Å². The van der Waals surface area contributed by atoms with Gasteiger partial charge in [0.2, 0.25) is 0 Å². The Balaban J connectivity index is 2.94. The second-order valence-corrected chi connectivity index (χ2v) is 11.4. The lowest BCUT2D eigenvalue weighted by molar-refractivity contribution is -0.152. The molecule has 0 saturated heterocycles. The molecule has 10 heteroatoms. The van der Waals surface area contributed by atoms with E-state index in [9.17, 15) is 19.2 Å². The quantitative estimate of drug-likeness (QED) is 0.214. The fourth-order valence-corrected chi connectivity index (χ4v) is 3.11. The van der Waals surface area contributed by atoms with Crippen molar-refractivity contribution in [2.75, 3.05) is 6.61 Å². The summed E-state index contributed by atoms with van der Waals surface area (Å²) < 4.78 is 26.7. The van der Waals surface area contributed by atoms with Gasteiger partial charge in [-0.05, 0) is 84.9 Å². The Labute approximate surface area is 238 Å². The van der Waals surface area contributed by atoms with Crippen molar-refractivity contribution in [2.45, 2.75) is 113 Å². The van der Waals surface area contributed by atoms with Crippen LogP contribution in [0.5, 0.6) is 11.5 Å². The van der Waals surface area contributed by atoms with Crippen molar-refractivity contribution < 1.29 is 42.9 Å². The molecule has 1 aromatic rings. The summed E-state index contributed by atoms with van der Waals surface area (Å²) in [4.78, 5) is 49.9. The van der Waals surface area contributed by atoms with Crippen molar-refractivity contribution in [3.05, 3.63) is 23.8 Å². The highest BCUT2D eigenvalue weighted by atomic mass is 16.7. The highest BCUT2D eigenvalue weighted by molar-refractivity contribution is 5.81. The zero-order chi connectivity index (χ0) is 30.7. The van der Waals surface area contributed by atoms with Crippen LogP contribution in [0.25, 0.3) is 0 Å². The minimum atomic E-state index is -1.05. The van der Waals surface area contributed by atoms with E-state index in [1.807, 2.05) is 20.8 Å². The Morgan fingerprint density at radius 2 is 1.38 bits per heavy atom. The number of hydrogen-bond acceptors (Lipinski definition) is 10. The molecule has 0 aliphatic carbocycles. The van der Waals surface area contributed by atoms with Gasteiger partial charge in [0.05, 0.1) is 10.8 Å². The van der Waals surface area contributed by atoms with Gasteiger partial charge in [-0.3, -0.25) is 14.4 Å². The van der Waals surface area contributed by atoms with Crippen molar-refractivity contribution in [1.82, 2.24) is 0 Å². The minimum Gasteiger partial charge on any atom is -0.458 e. The maximum atomic E-state index is 12.8. The lowest BCUT2D eigenvalue weighted by atomic mass is 9.90. The molecule has 0 fully saturated rings. The van der Waals surface area contributed by atoms with Gasteiger partial charge in [0.25, 0.3) is 0 Å². The number of ether oxygens (including phenoxy) is 5. The van der Waals surface area contributed by atoms with Gasteiger partial charge in [0.15, 0.2) is 11.5 Å². The Morgan fingerprint density at radius 3 is 1.90 bits per heavy atom. The van der Waals surface area contributed by atoms with Crippen molar-refractivity contribution in [2.24, 2.45) is 16.6 Å². The number of nitrogens with two attached hydrogens (primary N) is 1. The summed E-state index contributed by atoms with van der Waals surface area (Å²) in [5, 5.41) is 0. The third kappa shape index (κ3) is 11.2. The summed E-state index contributed by atoms with van der Waals surface area (Å²) in [7, 11) is 0. The van der Waals surface area contributed by atoms with Crippen molar-refractivity contribution in [3.63, 3.8) is 0 Å². The first-order chi connectivity index (χ1) is 18.6. The third-order valence-corrected chi connectivity index (χ3v) is 6.79. The third-order valence-electron chi connectivity index (χ3n) is 6.79. The van der Waals surface area contributed by atoms with Crippen LogP contribution in [0.4, 0.5) is 4.79 Å². The van der Waals surface area contributed by atoms with Crippen LogP contribution in [0.2, 0.25) is 0 Å². The fourth-order valence-electron chi connectivity index (χ4n) is 3.11. The topological polar surface area (TPSA) is 140 Å². The molecule has 0 amide bonds. The molecule has 1 rings (SSSR count). The van der Waals surface area contributed by atoms with Crippen molar-refractivity contribution >= 4 is 24.1 Å². The molecule has 1 unspecified atom stereocenters. The van der Waals surface area contributed by atoms with Gasteiger partial charge in [-0.25, -0.2) is 4.79 Å². The summed E-state index contributed by atoms with van der Waals surface area (Å²) in [5.74, 6) is -1.50. The van der Waals surface area contributed by atoms with Gasteiger partial charge in [-0.15, -0.1) is 0 Å². The monoisotopic (exact) mass is 565 g/mol. The van der Waals surface area contributed by atoms with Crippen LogP contribution in [0.15, 0.2) is 18.2 Å². The SMILES string of the molecule is CCCC(C)OC(=O)OC[C@H](C)OC(=O)[C@@H](N)Cc1ccc(OC(=O)C(C)(C)CC)c(OC(=O)C(C)(C)CC)c1. The average Bonchev–Trinajstić information content (AvgIpc) is 2.88. The molecular weight excluding hydrogens is 518 g/mol. The Hall–Kier alpha value is -3.14. The molecule has 3 atom stereocenters. The summed E-state index contributed by atoms with van der Waals surface area (Å²) in [6, 6.07) is 3.62. The van der Waals surface area contributed by atoms with Crippen LogP contribution >= 0.6 is 0 Å². The molecule has 40 heavy (non-hydrogen) atoms. The molecule has 0 heterocycles. The van der Waals surface area contributed by atoms with E-state index in [4.69, 9.17) is 29.4 Å². The van der Waals surface area contributed by atoms with Crippen LogP contribution in [0.1, 0.15) is 93.6 Å². The zero-order valence-corrected chi connectivity index (χ0v) is 25.5. The number of carbonyl (C=O) groups is 4. The van der Waals surface area contributed by atoms with E-state index >= 15 is 0 Å². The van der Waals surface area contributed by atoms with E-state index in [0.29, 0.717) is 24.8 Å². The molecule has 0 saturated carbocycles. The number of benzene rings is 1. The lowest BCUT2D eigenvalue weighted by Gasteiger charge is -2.23. The lowest BCUT2D eigenvalue weighted by Crippen LogP contribution is -2.37. The average molecular weight is 566 g/mol. The van der Waals surface area contributed by atoms with E-state index in [2.05, 4.69) is 0 Å². The molecule has 2 N–H and O–H groups in total. The van der Waals surface area contributed by atoms with E-state index in [0.717, 1.165) is 6.42 Å². The number of hydrogen-bond donors (Lipinski definition) is 1. The molecule has 0 spiro atoms. The minimum absolute atomic E-state index is 0.0549. The van der Waals surface area contributed by atoms with Crippen LogP contribution in [0.3, 0.4) is 0 Å². The maximum Gasteiger partial charge on any atom is 0.508 e. The molecular formula is C30H47NO9. The van der Waals surface area contributed by atoms with Gasteiger partial charge in [-0.1, -0.05) is 33.3 Å². The van der Waals surface area contributed by atoms with E-state index in [1.165, 1.54) is 12.1 Å². The molecule has 0 aliphatic heterocycles. The predicted octanol–water partition coefficient (Wildman–Crippen LogP) is 5.51. The largest absolute Gasteiger partial charge is 0.508 e. The highest BCUT2D eigenvalue weighted by Crippen LogP contribution is 2.34. The Bertz CT molecular complexity index is 1020. The molecule has 226 valence electrons. The fraction of sp³-hybridized carbons (Fsp3) is 0.667. The summed E-state index contributed by atoms with van der Waals surface area (Å²) in [6.45, 7) is 15.9. The first kappa shape index (κ1) is 34.9. The number of rotatable bonds is 15. The van der Waals surface area contributed by atoms with Crippen molar-refractivity contribution in [3.8, 4) is 11.5 Å². The first-order valence-corrected chi connectivity index (χ1v) is 13.9. The zero-order valence-electron chi connectivity index (χ0n) is 25.5. The van der Waals surface area contributed by atoms with Gasteiger partial charge in [0, 0.05) is 0 Å². The van der Waals surface area contributed by atoms with Crippen LogP contribution < -0.4 is 15.2 Å². The van der Waals surface area contributed by atoms with E-state index in [1.54, 1.807) is 47.6 Å². The summed E-state index contributed by atoms with van der Waals surface area (Å²) in [6.07, 6.45) is 0.888. The molecule has 0 radical (unpaired) electrons. The molecule has 10 nitrogen and oxygen atoms in total. The van der Waals surface area contributed by atoms with Crippen LogP contribution in [-0.4, -0.2) is 48.9 Å². The van der Waals surface area contributed by atoms with Crippen LogP contribution in [0, 0.1) is 10.8 Å². The summed E-state index contributed by atoms with van der Waals surface area (Å²) >= 11 is 0. The van der Waals surface area contributed by atoms with E-state index < -0.39 is 47.0 Å². The standard InChI is InChI=1S/C30H47NO9/c1-10-13-19(4)38-28(35)36-18-20(5)37-25(32)22(31)16-21-14-15-23(39-26(33)29(6,7)11-2)24(17-21)40-27(34)30(8,9)12-3/h14-15,17,19-20,22H,10-13,16,18,31H2,1-9H3/t19?,20-,22-/m0/s1. The Kier molecular flexibility index (Phi) is 13.6. The summed E-state index contributed by atoms with van der Waals surface area (Å²) in [5.41, 5.74) is 5.15. The number of carbonyl (C=O) groups excluding carboxylic acids is 4. The predicted molar refractivity (Wildman–Crippen MR) is 150 cm³/mol. The van der Waals surface area contributed by atoms with Gasteiger partial charge < -0.3 is 29.4 Å². The molecule has 1 aromatic carbocycles. The first-order valence-electron chi connectivity index (χ1n) is 13.9. The van der Waals surface area contributed by atoms with Crippen molar-refractivity contribution in [1.29, 1.82) is 0 Å². The maximum absolute atomic E-state index is 12.8. The molecule has 0 bridgehead atoms. The van der Waals surface area contributed by atoms with Crippen LogP contribution in [-0.2, 0) is 35.0 Å². The molecule has 0 aromatic heterocycles. The Morgan fingerprint density at radius 1 is 0.825 bits per heavy atom. The number of esters is 3. The highest BCUT2D eigenvalue weighted by Gasteiger charge is 2.31.